The Morgan fingerprint density at radius 3 is 2.72 bits per heavy atom. The number of likely N-dealkylation sites (tertiary alicyclic amines) is 1. The molecule has 29 heavy (non-hydrogen) atoms. The van der Waals surface area contributed by atoms with Crippen LogP contribution in [0, 0.1) is 5.92 Å². The molecular formula is C24H25N3O2. The van der Waals surface area contributed by atoms with Crippen molar-refractivity contribution in [1.29, 1.82) is 0 Å². The lowest BCUT2D eigenvalue weighted by Crippen LogP contribution is -2.43. The van der Waals surface area contributed by atoms with E-state index in [1.54, 1.807) is 6.08 Å². The molecule has 2 heterocycles. The second kappa shape index (κ2) is 8.35. The standard InChI is InChI=1S/C24H25N3O2/c1-2-17-9-11-19(12-10-17)24(29)27-13-5-6-18(16-27)15-25-23(28)22-14-20-7-3-4-8-21(20)26-22/h2-4,7-12,14,18,26H,1,5-6,13,15-16H2,(H,25,28). The van der Waals surface area contributed by atoms with Gasteiger partial charge in [0.2, 0.25) is 0 Å². The van der Waals surface area contributed by atoms with Crippen molar-refractivity contribution in [2.75, 3.05) is 19.6 Å². The third-order valence-electron chi connectivity index (χ3n) is 5.53. The Morgan fingerprint density at radius 1 is 1.17 bits per heavy atom. The van der Waals surface area contributed by atoms with Crippen LogP contribution in [0.15, 0.2) is 61.2 Å². The quantitative estimate of drug-likeness (QED) is 0.692. The van der Waals surface area contributed by atoms with Crippen LogP contribution in [0.2, 0.25) is 0 Å². The van der Waals surface area contributed by atoms with Gasteiger partial charge in [-0.25, -0.2) is 0 Å². The molecule has 1 aliphatic heterocycles. The number of hydrogen-bond acceptors (Lipinski definition) is 2. The van der Waals surface area contributed by atoms with Gasteiger partial charge in [-0.05, 0) is 48.6 Å². The first-order chi connectivity index (χ1) is 14.1. The number of hydrogen-bond donors (Lipinski definition) is 2. The minimum absolute atomic E-state index is 0.0484. The van der Waals surface area contributed by atoms with E-state index in [0.29, 0.717) is 24.3 Å². The summed E-state index contributed by atoms with van der Waals surface area (Å²) in [7, 11) is 0. The number of nitrogens with one attached hydrogen (secondary N) is 2. The third kappa shape index (κ3) is 4.24. The molecule has 1 saturated heterocycles. The minimum atomic E-state index is -0.107. The summed E-state index contributed by atoms with van der Waals surface area (Å²) in [5, 5.41) is 4.05. The molecule has 2 N–H and O–H groups in total. The van der Waals surface area contributed by atoms with Crippen LogP contribution in [-0.4, -0.2) is 41.3 Å². The van der Waals surface area contributed by atoms with Crippen LogP contribution >= 0.6 is 0 Å². The number of piperidine rings is 1. The average Bonchev–Trinajstić information content (AvgIpc) is 3.22. The number of carbonyl (C=O) groups is 2. The highest BCUT2D eigenvalue weighted by Crippen LogP contribution is 2.19. The van der Waals surface area contributed by atoms with Crippen LogP contribution in [0.4, 0.5) is 0 Å². The van der Waals surface area contributed by atoms with Gasteiger partial charge < -0.3 is 15.2 Å². The van der Waals surface area contributed by atoms with Gasteiger partial charge in [0.05, 0.1) is 0 Å². The summed E-state index contributed by atoms with van der Waals surface area (Å²) in [6, 6.07) is 17.2. The fourth-order valence-electron chi connectivity index (χ4n) is 3.89. The molecule has 2 amide bonds. The van der Waals surface area contributed by atoms with Gasteiger partial charge in [-0.3, -0.25) is 9.59 Å². The largest absolute Gasteiger partial charge is 0.351 e. The molecule has 1 fully saturated rings. The summed E-state index contributed by atoms with van der Waals surface area (Å²) in [4.78, 5) is 30.4. The van der Waals surface area contributed by atoms with Crippen LogP contribution in [0.1, 0.15) is 39.3 Å². The summed E-state index contributed by atoms with van der Waals surface area (Å²) in [6.45, 7) is 5.72. The topological polar surface area (TPSA) is 65.2 Å². The van der Waals surface area contributed by atoms with E-state index in [2.05, 4.69) is 16.9 Å². The predicted molar refractivity (Wildman–Crippen MR) is 116 cm³/mol. The Morgan fingerprint density at radius 2 is 1.97 bits per heavy atom. The molecule has 1 unspecified atom stereocenters. The number of fused-ring (bicyclic) bond motifs is 1. The summed E-state index contributed by atoms with van der Waals surface area (Å²) < 4.78 is 0. The van der Waals surface area contributed by atoms with Gasteiger partial charge in [0, 0.05) is 36.1 Å². The van der Waals surface area contributed by atoms with Gasteiger partial charge in [0.15, 0.2) is 0 Å². The molecule has 4 rings (SSSR count). The molecule has 1 aromatic heterocycles. The number of rotatable bonds is 5. The molecule has 1 aliphatic rings. The lowest BCUT2D eigenvalue weighted by molar-refractivity contribution is 0.0670. The maximum absolute atomic E-state index is 12.8. The van der Waals surface area contributed by atoms with E-state index >= 15 is 0 Å². The summed E-state index contributed by atoms with van der Waals surface area (Å²) >= 11 is 0. The Kier molecular flexibility index (Phi) is 5.47. The number of benzene rings is 2. The van der Waals surface area contributed by atoms with Crippen LogP contribution in [-0.2, 0) is 0 Å². The lowest BCUT2D eigenvalue weighted by Gasteiger charge is -2.33. The van der Waals surface area contributed by atoms with E-state index in [-0.39, 0.29) is 17.7 Å². The Labute approximate surface area is 170 Å². The molecule has 5 heteroatoms. The van der Waals surface area contributed by atoms with Crippen LogP contribution in [0.5, 0.6) is 0 Å². The number of carbonyl (C=O) groups excluding carboxylic acids is 2. The first kappa shape index (κ1) is 19.0. The first-order valence-corrected chi connectivity index (χ1v) is 10.0. The fraction of sp³-hybridized carbons (Fsp3) is 0.250. The van der Waals surface area contributed by atoms with Crippen molar-refractivity contribution in [3.8, 4) is 0 Å². The van der Waals surface area contributed by atoms with Crippen molar-refractivity contribution < 1.29 is 9.59 Å². The molecule has 148 valence electrons. The Balaban J connectivity index is 1.35. The molecule has 2 aromatic carbocycles. The zero-order chi connectivity index (χ0) is 20.2. The Bertz CT molecular complexity index is 1000. The summed E-state index contributed by atoms with van der Waals surface area (Å²) in [5.41, 5.74) is 3.21. The van der Waals surface area contributed by atoms with Crippen molar-refractivity contribution in [2.24, 2.45) is 5.92 Å². The molecule has 0 bridgehead atoms. The molecule has 3 aromatic rings. The molecular weight excluding hydrogens is 362 g/mol. The predicted octanol–water partition coefficient (Wildman–Crippen LogP) is 4.09. The zero-order valence-electron chi connectivity index (χ0n) is 16.4. The number of aromatic amines is 1. The van der Waals surface area contributed by atoms with Gasteiger partial charge in [0.25, 0.3) is 11.8 Å². The van der Waals surface area contributed by atoms with E-state index < -0.39 is 0 Å². The number of nitrogens with zero attached hydrogens (tertiary/aromatic N) is 1. The van der Waals surface area contributed by atoms with E-state index in [9.17, 15) is 9.59 Å². The second-order valence-corrected chi connectivity index (χ2v) is 7.57. The van der Waals surface area contributed by atoms with E-state index in [0.717, 1.165) is 35.9 Å². The maximum atomic E-state index is 12.8. The highest BCUT2D eigenvalue weighted by Gasteiger charge is 2.25. The summed E-state index contributed by atoms with van der Waals surface area (Å²) in [5.74, 6) is 0.199. The average molecular weight is 387 g/mol. The first-order valence-electron chi connectivity index (χ1n) is 10.0. The highest BCUT2D eigenvalue weighted by molar-refractivity contribution is 5.98. The second-order valence-electron chi connectivity index (χ2n) is 7.57. The fourth-order valence-corrected chi connectivity index (χ4v) is 3.89. The molecule has 0 aliphatic carbocycles. The number of amides is 2. The number of para-hydroxylation sites is 1. The van der Waals surface area contributed by atoms with Crippen LogP contribution < -0.4 is 5.32 Å². The highest BCUT2D eigenvalue weighted by atomic mass is 16.2. The number of aromatic nitrogens is 1. The molecule has 0 spiro atoms. The third-order valence-corrected chi connectivity index (χ3v) is 5.53. The van der Waals surface area contributed by atoms with E-state index in [1.165, 1.54) is 0 Å². The van der Waals surface area contributed by atoms with Crippen molar-refractivity contribution in [3.05, 3.63) is 78.0 Å². The molecule has 1 atom stereocenters. The van der Waals surface area contributed by atoms with Gasteiger partial charge in [-0.15, -0.1) is 0 Å². The monoisotopic (exact) mass is 387 g/mol. The molecule has 0 saturated carbocycles. The summed E-state index contributed by atoms with van der Waals surface area (Å²) in [6.07, 6.45) is 3.72. The van der Waals surface area contributed by atoms with Crippen molar-refractivity contribution >= 4 is 28.8 Å². The van der Waals surface area contributed by atoms with Gasteiger partial charge in [-0.1, -0.05) is 43.0 Å². The van der Waals surface area contributed by atoms with Crippen LogP contribution in [0.3, 0.4) is 0 Å². The molecule has 5 nitrogen and oxygen atoms in total. The van der Waals surface area contributed by atoms with Crippen molar-refractivity contribution in [3.63, 3.8) is 0 Å². The maximum Gasteiger partial charge on any atom is 0.267 e. The number of H-pyrrole nitrogens is 1. The van der Waals surface area contributed by atoms with Gasteiger partial charge >= 0.3 is 0 Å². The van der Waals surface area contributed by atoms with E-state index in [4.69, 9.17) is 0 Å². The zero-order valence-corrected chi connectivity index (χ0v) is 16.4. The van der Waals surface area contributed by atoms with Gasteiger partial charge in [0.1, 0.15) is 5.69 Å². The van der Waals surface area contributed by atoms with Crippen molar-refractivity contribution in [2.45, 2.75) is 12.8 Å². The van der Waals surface area contributed by atoms with E-state index in [1.807, 2.05) is 59.5 Å². The Hall–Kier alpha value is -3.34. The van der Waals surface area contributed by atoms with Gasteiger partial charge in [-0.2, -0.15) is 0 Å². The van der Waals surface area contributed by atoms with Crippen molar-refractivity contribution in [1.82, 2.24) is 15.2 Å². The minimum Gasteiger partial charge on any atom is -0.351 e. The lowest BCUT2D eigenvalue weighted by atomic mass is 9.97. The van der Waals surface area contributed by atoms with Crippen LogP contribution in [0.25, 0.3) is 17.0 Å². The normalized spacial score (nSPS) is 16.6. The smallest absolute Gasteiger partial charge is 0.267 e. The SMILES string of the molecule is C=Cc1ccc(C(=O)N2CCCC(CNC(=O)c3cc4ccccc4[nH]3)C2)cc1. The molecule has 0 radical (unpaired) electrons.